The molecule has 0 aliphatic carbocycles. The molecule has 0 radical (unpaired) electrons. The second kappa shape index (κ2) is 7.94. The van der Waals surface area contributed by atoms with Gasteiger partial charge in [0.25, 0.3) is 0 Å². The quantitative estimate of drug-likeness (QED) is 0.358. The van der Waals surface area contributed by atoms with E-state index in [-0.39, 0.29) is 17.0 Å². The number of furan rings is 1. The Bertz CT molecular complexity index is 1000. The predicted octanol–water partition coefficient (Wildman–Crippen LogP) is 5.57. The first-order chi connectivity index (χ1) is 13.5. The summed E-state index contributed by atoms with van der Waals surface area (Å²) < 4.78 is 6.21. The summed E-state index contributed by atoms with van der Waals surface area (Å²) in [6.07, 6.45) is 0. The summed E-state index contributed by atoms with van der Waals surface area (Å²) in [6.45, 7) is 5.90. The van der Waals surface area contributed by atoms with Crippen molar-refractivity contribution in [2.45, 2.75) is 20.8 Å². The van der Waals surface area contributed by atoms with Gasteiger partial charge in [0.2, 0.25) is 0 Å². The topological polar surface area (TPSA) is 13.1 Å². The van der Waals surface area contributed by atoms with E-state index in [1.165, 1.54) is 26.8 Å². The average Bonchev–Trinajstić information content (AvgIpc) is 3.01. The van der Waals surface area contributed by atoms with Crippen LogP contribution in [-0.2, 0) is 0 Å². The van der Waals surface area contributed by atoms with Crippen molar-refractivity contribution in [3.05, 3.63) is 108 Å². The van der Waals surface area contributed by atoms with Crippen LogP contribution in [0.25, 0.3) is 0 Å². The van der Waals surface area contributed by atoms with Crippen LogP contribution in [0.2, 0.25) is 0 Å². The zero-order chi connectivity index (χ0) is 19.8. The minimum absolute atomic E-state index is 0. The van der Waals surface area contributed by atoms with E-state index in [9.17, 15) is 0 Å². The zero-order valence-corrected chi connectivity index (χ0v) is 20.0. The van der Waals surface area contributed by atoms with Gasteiger partial charge in [-0.15, -0.1) is 17.0 Å². The predicted molar refractivity (Wildman–Crippen MR) is 134 cm³/mol. The molecular formula is C26H28BrOP. The summed E-state index contributed by atoms with van der Waals surface area (Å²) in [6, 6.07) is 33.0. The number of hydrogen-bond donors (Lipinski definition) is 0. The Morgan fingerprint density at radius 1 is 0.552 bits per heavy atom. The van der Waals surface area contributed by atoms with E-state index < -0.39 is 6.60 Å². The fourth-order valence-electron chi connectivity index (χ4n) is 4.83. The van der Waals surface area contributed by atoms with Gasteiger partial charge in [0.15, 0.2) is 0 Å². The van der Waals surface area contributed by atoms with Gasteiger partial charge in [0.1, 0.15) is 0 Å². The SMILES string of the molecule is Br.Cc1oc(C)c(P(C)(c2ccccc2)(c2ccccc2)c2ccccc2)c1C. The van der Waals surface area contributed by atoms with Crippen molar-refractivity contribution in [2.75, 3.05) is 6.66 Å². The van der Waals surface area contributed by atoms with Crippen LogP contribution in [0.4, 0.5) is 0 Å². The summed E-state index contributed by atoms with van der Waals surface area (Å²) in [4.78, 5) is 0. The molecule has 0 unspecified atom stereocenters. The maximum absolute atomic E-state index is 6.21. The van der Waals surface area contributed by atoms with E-state index in [4.69, 9.17) is 4.42 Å². The molecule has 0 atom stereocenters. The van der Waals surface area contributed by atoms with Gasteiger partial charge < -0.3 is 0 Å². The normalized spacial score (nSPS) is 12.6. The van der Waals surface area contributed by atoms with Crippen LogP contribution in [0.5, 0.6) is 0 Å². The van der Waals surface area contributed by atoms with E-state index in [0.29, 0.717) is 0 Å². The molecule has 0 amide bonds. The molecule has 4 aromatic rings. The molecular weight excluding hydrogens is 439 g/mol. The van der Waals surface area contributed by atoms with E-state index in [2.05, 4.69) is 118 Å². The number of halogens is 1. The van der Waals surface area contributed by atoms with E-state index in [1.807, 2.05) is 0 Å². The summed E-state index contributed by atoms with van der Waals surface area (Å²) >= 11 is 0. The Morgan fingerprint density at radius 3 is 1.17 bits per heavy atom. The molecule has 29 heavy (non-hydrogen) atoms. The van der Waals surface area contributed by atoms with Crippen LogP contribution in [0.1, 0.15) is 17.1 Å². The fraction of sp³-hybridized carbons (Fsp3) is 0.154. The summed E-state index contributed by atoms with van der Waals surface area (Å²) in [5, 5.41) is 5.43. The Hall–Kier alpha value is -2.15. The van der Waals surface area contributed by atoms with E-state index >= 15 is 0 Å². The first kappa shape index (κ1) is 21.6. The number of aryl methyl sites for hydroxylation is 2. The van der Waals surface area contributed by atoms with Crippen LogP contribution < -0.4 is 21.2 Å². The molecule has 1 heterocycles. The van der Waals surface area contributed by atoms with Crippen molar-refractivity contribution in [1.82, 2.24) is 0 Å². The van der Waals surface area contributed by atoms with Crippen LogP contribution in [0.15, 0.2) is 95.4 Å². The minimum atomic E-state index is -2.98. The molecule has 0 aliphatic rings. The van der Waals surface area contributed by atoms with Gasteiger partial charge >= 0.3 is 168 Å². The Labute approximate surface area is 184 Å². The number of benzene rings is 3. The first-order valence-corrected chi connectivity index (χ1v) is 12.4. The Kier molecular flexibility index (Phi) is 5.90. The van der Waals surface area contributed by atoms with Crippen molar-refractivity contribution in [3.63, 3.8) is 0 Å². The Morgan fingerprint density at radius 2 is 0.897 bits per heavy atom. The van der Waals surface area contributed by atoms with E-state index in [1.54, 1.807) is 0 Å². The van der Waals surface area contributed by atoms with Gasteiger partial charge in [-0.2, -0.15) is 0 Å². The maximum atomic E-state index is 6.21. The molecule has 1 aromatic heterocycles. The molecule has 0 fully saturated rings. The van der Waals surface area contributed by atoms with Gasteiger partial charge in [-0.3, -0.25) is 0 Å². The molecule has 0 saturated heterocycles. The first-order valence-electron chi connectivity index (χ1n) is 9.73. The third-order valence-electron chi connectivity index (χ3n) is 6.29. The van der Waals surface area contributed by atoms with Gasteiger partial charge in [-0.1, -0.05) is 0 Å². The zero-order valence-electron chi connectivity index (χ0n) is 17.4. The van der Waals surface area contributed by atoms with Crippen LogP contribution in [-0.4, -0.2) is 6.66 Å². The molecule has 0 spiro atoms. The molecule has 0 saturated carbocycles. The molecule has 1 nitrogen and oxygen atoms in total. The van der Waals surface area contributed by atoms with Crippen LogP contribution >= 0.6 is 23.6 Å². The van der Waals surface area contributed by atoms with Crippen molar-refractivity contribution < 1.29 is 4.42 Å². The monoisotopic (exact) mass is 466 g/mol. The molecule has 150 valence electrons. The number of hydrogen-bond acceptors (Lipinski definition) is 1. The van der Waals surface area contributed by atoms with Gasteiger partial charge in [0.05, 0.1) is 0 Å². The van der Waals surface area contributed by atoms with Crippen LogP contribution in [0, 0.1) is 20.8 Å². The average molecular weight is 467 g/mol. The second-order valence-electron chi connectivity index (χ2n) is 7.76. The summed E-state index contributed by atoms with van der Waals surface area (Å²) in [7, 11) is 0. The van der Waals surface area contributed by atoms with Gasteiger partial charge in [-0.05, 0) is 0 Å². The van der Waals surface area contributed by atoms with Crippen molar-refractivity contribution in [3.8, 4) is 0 Å². The van der Waals surface area contributed by atoms with Crippen LogP contribution in [0.3, 0.4) is 0 Å². The molecule has 4 rings (SSSR count). The van der Waals surface area contributed by atoms with Crippen molar-refractivity contribution in [1.29, 1.82) is 0 Å². The second-order valence-corrected chi connectivity index (χ2v) is 12.9. The summed E-state index contributed by atoms with van der Waals surface area (Å²) in [5.41, 5.74) is 1.26. The molecule has 0 aliphatic heterocycles. The molecule has 0 bridgehead atoms. The molecule has 0 N–H and O–H groups in total. The molecule has 3 heteroatoms. The third kappa shape index (κ3) is 3.01. The van der Waals surface area contributed by atoms with Crippen molar-refractivity contribution in [2.24, 2.45) is 0 Å². The van der Waals surface area contributed by atoms with Gasteiger partial charge in [0, 0.05) is 0 Å². The Balaban J connectivity index is 0.00000240. The van der Waals surface area contributed by atoms with Crippen molar-refractivity contribution >= 4 is 44.8 Å². The summed E-state index contributed by atoms with van der Waals surface area (Å²) in [5.74, 6) is 2.03. The van der Waals surface area contributed by atoms with Gasteiger partial charge in [-0.25, -0.2) is 0 Å². The fourth-order valence-corrected chi connectivity index (χ4v) is 11.1. The molecule has 3 aromatic carbocycles. The number of rotatable bonds is 4. The van der Waals surface area contributed by atoms with E-state index in [0.717, 1.165) is 11.5 Å². The third-order valence-corrected chi connectivity index (χ3v) is 12.8. The standard InChI is InChI=1S/C26H27OP.BrH/c1-20-21(2)27-22(3)26(20)28(4,23-14-8-5-9-15-23,24-16-10-6-11-17-24)25-18-12-7-13-19-25;/h5-19H,1-4H3;1H.